The molecule has 0 aliphatic carbocycles. The molecule has 0 bridgehead atoms. The number of halogens is 1. The fraction of sp³-hybridized carbons (Fsp3) is 0.692. The van der Waals surface area contributed by atoms with Gasteiger partial charge in [-0.3, -0.25) is 0 Å². The topological polar surface area (TPSA) is 21.3 Å². The van der Waals surface area contributed by atoms with E-state index in [1.807, 2.05) is 11.3 Å². The number of likely N-dealkylation sites (N-methyl/N-ethyl adjacent to an activating group) is 1. The first-order valence-electron chi connectivity index (χ1n) is 6.35. The molecule has 2 heterocycles. The number of hydrogen-bond acceptors (Lipinski definition) is 3. The molecular formula is C13H20BrNOS. The summed E-state index contributed by atoms with van der Waals surface area (Å²) in [6.07, 6.45) is 3.54. The van der Waals surface area contributed by atoms with E-state index in [-0.39, 0.29) is 0 Å². The van der Waals surface area contributed by atoms with Crippen LogP contribution in [0.25, 0.3) is 0 Å². The highest BCUT2D eigenvalue weighted by Crippen LogP contribution is 2.27. The maximum absolute atomic E-state index is 5.45. The maximum Gasteiger partial charge on any atom is 0.0701 e. The molecule has 2 nitrogen and oxygen atoms in total. The predicted molar refractivity (Wildman–Crippen MR) is 76.7 cm³/mol. The summed E-state index contributed by atoms with van der Waals surface area (Å²) >= 11 is 5.39. The summed E-state index contributed by atoms with van der Waals surface area (Å²) in [7, 11) is 0. The molecule has 1 aliphatic heterocycles. The van der Waals surface area contributed by atoms with Gasteiger partial charge in [0, 0.05) is 24.1 Å². The lowest BCUT2D eigenvalue weighted by Gasteiger charge is -2.30. The molecule has 1 aliphatic rings. The van der Waals surface area contributed by atoms with E-state index in [4.69, 9.17) is 4.74 Å². The summed E-state index contributed by atoms with van der Waals surface area (Å²) in [6.45, 7) is 5.10. The first kappa shape index (κ1) is 13.5. The quantitative estimate of drug-likeness (QED) is 0.898. The van der Waals surface area contributed by atoms with E-state index >= 15 is 0 Å². The number of rotatable bonds is 5. The monoisotopic (exact) mass is 317 g/mol. The van der Waals surface area contributed by atoms with Crippen molar-refractivity contribution in [3.63, 3.8) is 0 Å². The van der Waals surface area contributed by atoms with Gasteiger partial charge >= 0.3 is 0 Å². The summed E-state index contributed by atoms with van der Waals surface area (Å²) in [6, 6.07) is 4.99. The zero-order chi connectivity index (χ0) is 12.1. The van der Waals surface area contributed by atoms with Gasteiger partial charge in [-0.05, 0) is 59.8 Å². The van der Waals surface area contributed by atoms with E-state index in [0.717, 1.165) is 32.1 Å². The highest BCUT2D eigenvalue weighted by atomic mass is 79.9. The first-order chi connectivity index (χ1) is 8.29. The van der Waals surface area contributed by atoms with Crippen molar-refractivity contribution >= 4 is 27.3 Å². The number of hydrogen-bond donors (Lipinski definition) is 1. The van der Waals surface area contributed by atoms with Gasteiger partial charge in [-0.1, -0.05) is 6.92 Å². The summed E-state index contributed by atoms with van der Waals surface area (Å²) in [4.78, 5) is 1.47. The zero-order valence-corrected chi connectivity index (χ0v) is 12.6. The second-order valence-electron chi connectivity index (χ2n) is 4.52. The van der Waals surface area contributed by atoms with Crippen LogP contribution in [0, 0.1) is 5.92 Å². The smallest absolute Gasteiger partial charge is 0.0701 e. The Balaban J connectivity index is 1.95. The van der Waals surface area contributed by atoms with Crippen LogP contribution in [0.3, 0.4) is 0 Å². The van der Waals surface area contributed by atoms with Crippen LogP contribution >= 0.6 is 27.3 Å². The Labute approximate surface area is 116 Å². The van der Waals surface area contributed by atoms with E-state index < -0.39 is 0 Å². The summed E-state index contributed by atoms with van der Waals surface area (Å²) in [5.41, 5.74) is 0. The highest BCUT2D eigenvalue weighted by Gasteiger charge is 2.23. The molecule has 1 N–H and O–H groups in total. The first-order valence-corrected chi connectivity index (χ1v) is 7.96. The minimum absolute atomic E-state index is 0.606. The van der Waals surface area contributed by atoms with Gasteiger partial charge in [-0.25, -0.2) is 0 Å². The Bertz CT molecular complexity index is 336. The van der Waals surface area contributed by atoms with Crippen molar-refractivity contribution in [1.29, 1.82) is 0 Å². The van der Waals surface area contributed by atoms with Crippen molar-refractivity contribution in [2.24, 2.45) is 5.92 Å². The van der Waals surface area contributed by atoms with Gasteiger partial charge in [-0.2, -0.15) is 0 Å². The van der Waals surface area contributed by atoms with E-state index in [0.29, 0.717) is 6.04 Å². The molecule has 1 unspecified atom stereocenters. The molecule has 4 heteroatoms. The van der Waals surface area contributed by atoms with Crippen molar-refractivity contribution in [2.75, 3.05) is 19.8 Å². The molecule has 0 radical (unpaired) electrons. The lowest BCUT2D eigenvalue weighted by atomic mass is 9.89. The van der Waals surface area contributed by atoms with Gasteiger partial charge in [-0.15, -0.1) is 11.3 Å². The third kappa shape index (κ3) is 4.05. The Morgan fingerprint density at radius 1 is 1.47 bits per heavy atom. The largest absolute Gasteiger partial charge is 0.381 e. The van der Waals surface area contributed by atoms with Crippen molar-refractivity contribution in [1.82, 2.24) is 5.32 Å². The lowest BCUT2D eigenvalue weighted by Crippen LogP contribution is -2.40. The average Bonchev–Trinajstić information content (AvgIpc) is 2.75. The van der Waals surface area contributed by atoms with Crippen molar-refractivity contribution < 1.29 is 4.74 Å². The second kappa shape index (κ2) is 6.88. The Morgan fingerprint density at radius 2 is 2.24 bits per heavy atom. The van der Waals surface area contributed by atoms with Gasteiger partial charge in [0.25, 0.3) is 0 Å². The zero-order valence-electron chi connectivity index (χ0n) is 10.2. The van der Waals surface area contributed by atoms with Crippen LogP contribution in [-0.4, -0.2) is 25.8 Å². The average molecular weight is 318 g/mol. The molecule has 0 spiro atoms. The van der Waals surface area contributed by atoms with Crippen molar-refractivity contribution in [2.45, 2.75) is 32.2 Å². The van der Waals surface area contributed by atoms with E-state index in [9.17, 15) is 0 Å². The summed E-state index contributed by atoms with van der Waals surface area (Å²) in [5, 5.41) is 3.65. The molecule has 0 amide bonds. The Kier molecular flexibility index (Phi) is 5.48. The molecule has 0 aromatic carbocycles. The van der Waals surface area contributed by atoms with Crippen LogP contribution in [0.4, 0.5) is 0 Å². The van der Waals surface area contributed by atoms with Gasteiger partial charge < -0.3 is 10.1 Å². The number of ether oxygens (including phenoxy) is 1. The normalized spacial score (nSPS) is 19.4. The van der Waals surface area contributed by atoms with Crippen LogP contribution in [0.5, 0.6) is 0 Å². The van der Waals surface area contributed by atoms with Gasteiger partial charge in [0.2, 0.25) is 0 Å². The van der Waals surface area contributed by atoms with Crippen LogP contribution in [0.2, 0.25) is 0 Å². The second-order valence-corrected chi connectivity index (χ2v) is 7.07. The van der Waals surface area contributed by atoms with Crippen LogP contribution < -0.4 is 5.32 Å². The molecule has 96 valence electrons. The van der Waals surface area contributed by atoms with E-state index in [1.165, 1.54) is 21.5 Å². The Morgan fingerprint density at radius 3 is 2.82 bits per heavy atom. The summed E-state index contributed by atoms with van der Waals surface area (Å²) < 4.78 is 6.68. The van der Waals surface area contributed by atoms with Gasteiger partial charge in [0.1, 0.15) is 0 Å². The molecule has 1 aromatic heterocycles. The molecular weight excluding hydrogens is 298 g/mol. The lowest BCUT2D eigenvalue weighted by molar-refractivity contribution is 0.0541. The number of nitrogens with one attached hydrogen (secondary N) is 1. The summed E-state index contributed by atoms with van der Waals surface area (Å²) in [5.74, 6) is 0.768. The molecule has 1 atom stereocenters. The Hall–Kier alpha value is 0.1000. The van der Waals surface area contributed by atoms with Crippen molar-refractivity contribution in [3.05, 3.63) is 20.8 Å². The minimum Gasteiger partial charge on any atom is -0.381 e. The maximum atomic E-state index is 5.45. The molecule has 0 saturated carbocycles. The van der Waals surface area contributed by atoms with Crippen molar-refractivity contribution in [3.8, 4) is 0 Å². The standard InChI is InChI=1S/C13H20BrNOS/c1-2-15-12(10-5-7-16-8-6-10)9-11-3-4-13(14)17-11/h3-4,10,12,15H,2,5-9H2,1H3. The SMILES string of the molecule is CCNC(Cc1ccc(Br)s1)C1CCOCC1. The van der Waals surface area contributed by atoms with Crippen LogP contribution in [0.15, 0.2) is 15.9 Å². The third-order valence-electron chi connectivity index (χ3n) is 3.35. The van der Waals surface area contributed by atoms with Crippen LogP contribution in [0.1, 0.15) is 24.6 Å². The number of thiophene rings is 1. The fourth-order valence-electron chi connectivity index (χ4n) is 2.46. The van der Waals surface area contributed by atoms with Crippen LogP contribution in [-0.2, 0) is 11.2 Å². The molecule has 1 aromatic rings. The molecule has 17 heavy (non-hydrogen) atoms. The van der Waals surface area contributed by atoms with Gasteiger partial charge in [0.15, 0.2) is 0 Å². The third-order valence-corrected chi connectivity index (χ3v) is 5.00. The predicted octanol–water partition coefficient (Wildman–Crippen LogP) is 3.46. The molecule has 1 saturated heterocycles. The minimum atomic E-state index is 0.606. The van der Waals surface area contributed by atoms with E-state index in [1.54, 1.807) is 0 Å². The molecule has 2 rings (SSSR count). The molecule has 1 fully saturated rings. The fourth-order valence-corrected chi connectivity index (χ4v) is 4.01. The van der Waals surface area contributed by atoms with Gasteiger partial charge in [0.05, 0.1) is 3.79 Å². The highest BCUT2D eigenvalue weighted by molar-refractivity contribution is 9.11. The van der Waals surface area contributed by atoms with E-state index in [2.05, 4.69) is 40.3 Å².